The van der Waals surface area contributed by atoms with Crippen LogP contribution >= 0.6 is 0 Å². The highest BCUT2D eigenvalue weighted by atomic mass is 15.1. The summed E-state index contributed by atoms with van der Waals surface area (Å²) < 4.78 is 0. The molecule has 1 aliphatic carbocycles. The van der Waals surface area contributed by atoms with E-state index in [-0.39, 0.29) is 0 Å². The maximum absolute atomic E-state index is 3.87. The Morgan fingerprint density at radius 1 is 1.18 bits per heavy atom. The van der Waals surface area contributed by atoms with Gasteiger partial charge in [0.1, 0.15) is 0 Å². The van der Waals surface area contributed by atoms with E-state index in [1.54, 1.807) is 0 Å². The molecule has 0 aromatic carbocycles. The second-order valence-electron chi connectivity index (χ2n) is 7.19. The lowest BCUT2D eigenvalue weighted by atomic mass is 9.69. The maximum atomic E-state index is 3.87. The second-order valence-corrected chi connectivity index (χ2v) is 7.19. The summed E-state index contributed by atoms with van der Waals surface area (Å²) in [7, 11) is 4.31. The van der Waals surface area contributed by atoms with Crippen molar-refractivity contribution in [3.8, 4) is 0 Å². The van der Waals surface area contributed by atoms with Gasteiger partial charge in [-0.25, -0.2) is 0 Å². The predicted molar refractivity (Wildman–Crippen MR) is 76.4 cm³/mol. The Balaban J connectivity index is 2.54. The fourth-order valence-corrected chi connectivity index (χ4v) is 3.33. The first-order valence-corrected chi connectivity index (χ1v) is 7.21. The fourth-order valence-electron chi connectivity index (χ4n) is 3.33. The molecular weight excluding hydrogens is 208 g/mol. The monoisotopic (exact) mass is 240 g/mol. The third-order valence-corrected chi connectivity index (χ3v) is 4.02. The van der Waals surface area contributed by atoms with E-state index in [1.165, 1.54) is 25.7 Å². The van der Waals surface area contributed by atoms with Crippen LogP contribution in [0, 0.1) is 11.3 Å². The van der Waals surface area contributed by atoms with Crippen molar-refractivity contribution in [1.82, 2.24) is 10.2 Å². The number of nitrogens with zero attached hydrogens (tertiary/aromatic N) is 1. The van der Waals surface area contributed by atoms with Crippen LogP contribution in [0.3, 0.4) is 0 Å². The molecule has 0 heterocycles. The highest BCUT2D eigenvalue weighted by Crippen LogP contribution is 2.38. The maximum Gasteiger partial charge on any atom is 0.0169 e. The summed E-state index contributed by atoms with van der Waals surface area (Å²) in [6, 6.07) is 1.32. The molecule has 0 aromatic heterocycles. The van der Waals surface area contributed by atoms with Crippen molar-refractivity contribution in [2.75, 3.05) is 20.6 Å². The summed E-state index contributed by atoms with van der Waals surface area (Å²) in [6.07, 6.45) is 5.58. The molecule has 0 radical (unpaired) electrons. The molecule has 1 rings (SSSR count). The van der Waals surface area contributed by atoms with E-state index < -0.39 is 0 Å². The van der Waals surface area contributed by atoms with Gasteiger partial charge in [0.15, 0.2) is 0 Å². The van der Waals surface area contributed by atoms with Crippen molar-refractivity contribution in [3.63, 3.8) is 0 Å². The first-order chi connectivity index (χ1) is 7.80. The zero-order chi connectivity index (χ0) is 13.1. The van der Waals surface area contributed by atoms with E-state index >= 15 is 0 Å². The van der Waals surface area contributed by atoms with Crippen molar-refractivity contribution >= 4 is 0 Å². The van der Waals surface area contributed by atoms with E-state index in [0.29, 0.717) is 11.5 Å². The lowest BCUT2D eigenvalue weighted by Crippen LogP contribution is -2.49. The van der Waals surface area contributed by atoms with Crippen LogP contribution in [0.4, 0.5) is 0 Å². The number of nitrogens with one attached hydrogen (secondary N) is 1. The van der Waals surface area contributed by atoms with E-state index in [4.69, 9.17) is 0 Å². The van der Waals surface area contributed by atoms with E-state index in [9.17, 15) is 0 Å². The quantitative estimate of drug-likeness (QED) is 0.812. The SMILES string of the molecule is CC(CN(C)C)NC1CCCCC1C(C)(C)C. The fraction of sp³-hybridized carbons (Fsp3) is 1.00. The van der Waals surface area contributed by atoms with Crippen LogP contribution in [0.15, 0.2) is 0 Å². The minimum atomic E-state index is 0.440. The first-order valence-electron chi connectivity index (χ1n) is 7.21. The van der Waals surface area contributed by atoms with Crippen LogP contribution < -0.4 is 5.32 Å². The smallest absolute Gasteiger partial charge is 0.0169 e. The van der Waals surface area contributed by atoms with Gasteiger partial charge in [-0.3, -0.25) is 0 Å². The third-order valence-electron chi connectivity index (χ3n) is 4.02. The summed E-state index contributed by atoms with van der Waals surface area (Å²) >= 11 is 0. The van der Waals surface area contributed by atoms with Gasteiger partial charge >= 0.3 is 0 Å². The zero-order valence-corrected chi connectivity index (χ0v) is 12.7. The minimum absolute atomic E-state index is 0.440. The predicted octanol–water partition coefficient (Wildman–Crippen LogP) is 3.13. The Morgan fingerprint density at radius 2 is 1.76 bits per heavy atom. The van der Waals surface area contributed by atoms with Crippen LogP contribution in [0.2, 0.25) is 0 Å². The molecular formula is C15H32N2. The Morgan fingerprint density at radius 3 is 2.29 bits per heavy atom. The van der Waals surface area contributed by atoms with Gasteiger partial charge in [0, 0.05) is 18.6 Å². The van der Waals surface area contributed by atoms with Gasteiger partial charge in [-0.1, -0.05) is 33.6 Å². The van der Waals surface area contributed by atoms with Crippen molar-refractivity contribution in [1.29, 1.82) is 0 Å². The number of hydrogen-bond acceptors (Lipinski definition) is 2. The molecule has 0 amide bonds. The molecule has 2 nitrogen and oxygen atoms in total. The molecule has 0 bridgehead atoms. The van der Waals surface area contributed by atoms with Crippen molar-refractivity contribution in [2.24, 2.45) is 11.3 Å². The van der Waals surface area contributed by atoms with Crippen LogP contribution in [0.25, 0.3) is 0 Å². The van der Waals surface area contributed by atoms with Crippen molar-refractivity contribution in [3.05, 3.63) is 0 Å². The Labute approximate surface area is 108 Å². The van der Waals surface area contributed by atoms with E-state index in [2.05, 4.69) is 52.0 Å². The Kier molecular flexibility index (Phi) is 5.46. The van der Waals surface area contributed by atoms with Crippen LogP contribution in [0.5, 0.6) is 0 Å². The average Bonchev–Trinajstić information content (AvgIpc) is 2.15. The average molecular weight is 240 g/mol. The van der Waals surface area contributed by atoms with Crippen molar-refractivity contribution in [2.45, 2.75) is 65.5 Å². The van der Waals surface area contributed by atoms with Gasteiger partial charge in [-0.05, 0) is 45.2 Å². The first kappa shape index (κ1) is 15.0. The molecule has 1 saturated carbocycles. The van der Waals surface area contributed by atoms with Gasteiger partial charge in [0.05, 0.1) is 0 Å². The number of rotatable bonds is 4. The summed E-state index contributed by atoms with van der Waals surface area (Å²) in [5, 5.41) is 3.87. The summed E-state index contributed by atoms with van der Waals surface area (Å²) in [6.45, 7) is 10.6. The molecule has 3 atom stereocenters. The lowest BCUT2D eigenvalue weighted by molar-refractivity contribution is 0.121. The molecule has 17 heavy (non-hydrogen) atoms. The molecule has 3 unspecified atom stereocenters. The van der Waals surface area contributed by atoms with E-state index in [1.807, 2.05) is 0 Å². The van der Waals surface area contributed by atoms with Crippen LogP contribution in [0.1, 0.15) is 53.4 Å². The summed E-state index contributed by atoms with van der Waals surface area (Å²) in [4.78, 5) is 2.27. The summed E-state index contributed by atoms with van der Waals surface area (Å²) in [5.41, 5.74) is 0.440. The Bertz CT molecular complexity index is 217. The molecule has 1 fully saturated rings. The normalized spacial score (nSPS) is 28.4. The lowest BCUT2D eigenvalue weighted by Gasteiger charge is -2.42. The standard InChI is InChI=1S/C15H32N2/c1-12(11-17(5)6)16-14-10-8-7-9-13(14)15(2,3)4/h12-14,16H,7-11H2,1-6H3. The van der Waals surface area contributed by atoms with Crippen LogP contribution in [-0.4, -0.2) is 37.6 Å². The van der Waals surface area contributed by atoms with E-state index in [0.717, 1.165) is 18.5 Å². The van der Waals surface area contributed by atoms with Crippen LogP contribution in [-0.2, 0) is 0 Å². The molecule has 0 saturated heterocycles. The van der Waals surface area contributed by atoms with Gasteiger partial charge in [-0.2, -0.15) is 0 Å². The number of likely N-dealkylation sites (N-methyl/N-ethyl adjacent to an activating group) is 1. The highest BCUT2D eigenvalue weighted by Gasteiger charge is 2.34. The molecule has 2 heteroatoms. The molecule has 0 aliphatic heterocycles. The highest BCUT2D eigenvalue weighted by molar-refractivity contribution is 4.89. The molecule has 1 aliphatic rings. The molecule has 1 N–H and O–H groups in total. The van der Waals surface area contributed by atoms with Gasteiger partial charge in [0.2, 0.25) is 0 Å². The molecule has 102 valence electrons. The number of hydrogen-bond donors (Lipinski definition) is 1. The minimum Gasteiger partial charge on any atom is -0.310 e. The van der Waals surface area contributed by atoms with Crippen molar-refractivity contribution < 1.29 is 0 Å². The third kappa shape index (κ3) is 4.97. The topological polar surface area (TPSA) is 15.3 Å². The summed E-state index contributed by atoms with van der Waals surface area (Å²) in [5.74, 6) is 0.834. The van der Waals surface area contributed by atoms with Gasteiger partial charge in [0.25, 0.3) is 0 Å². The molecule has 0 spiro atoms. The second kappa shape index (κ2) is 6.19. The zero-order valence-electron chi connectivity index (χ0n) is 12.7. The molecule has 0 aromatic rings. The Hall–Kier alpha value is -0.0800. The largest absolute Gasteiger partial charge is 0.310 e. The van der Waals surface area contributed by atoms with Gasteiger partial charge in [-0.15, -0.1) is 0 Å². The van der Waals surface area contributed by atoms with Gasteiger partial charge < -0.3 is 10.2 Å².